The summed E-state index contributed by atoms with van der Waals surface area (Å²) in [5, 5.41) is 9.65. The molecular formula is C17H32O2. The van der Waals surface area contributed by atoms with Gasteiger partial charge in [-0.3, -0.25) is 4.79 Å². The van der Waals surface area contributed by atoms with Crippen LogP contribution < -0.4 is 0 Å². The van der Waals surface area contributed by atoms with E-state index < -0.39 is 6.10 Å². The lowest BCUT2D eigenvalue weighted by Gasteiger charge is -2.07. The predicted molar refractivity (Wildman–Crippen MR) is 80.2 cm³/mol. The molecule has 0 spiro atoms. The van der Waals surface area contributed by atoms with Gasteiger partial charge in [0.15, 0.2) is 5.78 Å². The van der Waals surface area contributed by atoms with Crippen molar-refractivity contribution in [3.8, 4) is 0 Å². The van der Waals surface area contributed by atoms with Crippen LogP contribution >= 0.6 is 0 Å². The molecule has 1 N–H and O–H groups in total. The zero-order chi connectivity index (χ0) is 13.9. The number of unbranched alkanes of at least 4 members (excludes halogenated alkanes) is 9. The molecule has 0 aromatic rings. The van der Waals surface area contributed by atoms with Crippen LogP contribution in [0.2, 0.25) is 0 Å². The minimum absolute atomic E-state index is 0.0852. The number of ketones is 1. The third kappa shape index (κ3) is 8.41. The fourth-order valence-corrected chi connectivity index (χ4v) is 2.61. The van der Waals surface area contributed by atoms with Crippen molar-refractivity contribution in [3.05, 3.63) is 0 Å². The third-order valence-corrected chi connectivity index (χ3v) is 4.18. The molecule has 0 aliphatic heterocycles. The highest BCUT2D eigenvalue weighted by Gasteiger charge is 2.33. The molecule has 0 saturated heterocycles. The molecule has 1 rings (SSSR count). The van der Waals surface area contributed by atoms with E-state index in [4.69, 9.17) is 0 Å². The van der Waals surface area contributed by atoms with Gasteiger partial charge in [0.1, 0.15) is 6.10 Å². The Morgan fingerprint density at radius 1 is 0.947 bits per heavy atom. The van der Waals surface area contributed by atoms with E-state index in [9.17, 15) is 9.90 Å². The van der Waals surface area contributed by atoms with Gasteiger partial charge in [0.2, 0.25) is 0 Å². The SMILES string of the molecule is CCCCCCCCCCCCC(=O)C(O)C1CC1. The molecular weight excluding hydrogens is 236 g/mol. The molecule has 2 nitrogen and oxygen atoms in total. The molecule has 1 saturated carbocycles. The predicted octanol–water partition coefficient (Wildman–Crippen LogP) is 4.64. The molecule has 0 radical (unpaired) electrons. The van der Waals surface area contributed by atoms with Gasteiger partial charge in [0.25, 0.3) is 0 Å². The van der Waals surface area contributed by atoms with Crippen molar-refractivity contribution in [2.45, 2.75) is 96.5 Å². The summed E-state index contributed by atoms with van der Waals surface area (Å²) in [5.41, 5.74) is 0. The molecule has 0 heterocycles. The molecule has 0 aromatic heterocycles. The number of Topliss-reactive ketones (excluding diaryl/α,β-unsaturated/α-hetero) is 1. The first kappa shape index (κ1) is 16.7. The Labute approximate surface area is 119 Å². The highest BCUT2D eigenvalue weighted by Crippen LogP contribution is 2.33. The normalized spacial score (nSPS) is 16.5. The second kappa shape index (κ2) is 10.4. The maximum absolute atomic E-state index is 11.6. The van der Waals surface area contributed by atoms with Crippen molar-refractivity contribution < 1.29 is 9.90 Å². The molecule has 112 valence electrons. The van der Waals surface area contributed by atoms with Crippen LogP contribution in [0, 0.1) is 5.92 Å². The fourth-order valence-electron chi connectivity index (χ4n) is 2.61. The maximum atomic E-state index is 11.6. The average Bonchev–Trinajstić information content (AvgIpc) is 3.24. The molecule has 1 atom stereocenters. The molecule has 1 unspecified atom stereocenters. The lowest BCUT2D eigenvalue weighted by Crippen LogP contribution is -2.22. The van der Waals surface area contributed by atoms with Gasteiger partial charge in [0, 0.05) is 6.42 Å². The average molecular weight is 268 g/mol. The van der Waals surface area contributed by atoms with Crippen LogP contribution in [0.3, 0.4) is 0 Å². The summed E-state index contributed by atoms with van der Waals surface area (Å²) in [5.74, 6) is 0.387. The first-order chi connectivity index (χ1) is 9.25. The Morgan fingerprint density at radius 3 is 1.89 bits per heavy atom. The summed E-state index contributed by atoms with van der Waals surface area (Å²) in [6, 6.07) is 0. The number of carbonyl (C=O) groups is 1. The van der Waals surface area contributed by atoms with Gasteiger partial charge < -0.3 is 5.11 Å². The Hall–Kier alpha value is -0.370. The molecule has 0 bridgehead atoms. The molecule has 0 aromatic carbocycles. The van der Waals surface area contributed by atoms with Gasteiger partial charge in [-0.05, 0) is 25.2 Å². The second-order valence-electron chi connectivity index (χ2n) is 6.18. The van der Waals surface area contributed by atoms with Crippen LogP contribution in [0.1, 0.15) is 90.4 Å². The zero-order valence-corrected chi connectivity index (χ0v) is 12.7. The van der Waals surface area contributed by atoms with Gasteiger partial charge in [-0.1, -0.05) is 64.7 Å². The van der Waals surface area contributed by atoms with E-state index in [-0.39, 0.29) is 5.78 Å². The van der Waals surface area contributed by atoms with E-state index in [2.05, 4.69) is 6.92 Å². The minimum atomic E-state index is -0.640. The fraction of sp³-hybridized carbons (Fsp3) is 0.941. The van der Waals surface area contributed by atoms with Crippen LogP contribution in [0.25, 0.3) is 0 Å². The molecule has 19 heavy (non-hydrogen) atoms. The Balaban J connectivity index is 1.79. The lowest BCUT2D eigenvalue weighted by atomic mass is 10.0. The van der Waals surface area contributed by atoms with Gasteiger partial charge in [0.05, 0.1) is 0 Å². The Bertz CT molecular complexity index is 233. The summed E-state index contributed by atoms with van der Waals surface area (Å²) >= 11 is 0. The van der Waals surface area contributed by atoms with Gasteiger partial charge in [-0.25, -0.2) is 0 Å². The monoisotopic (exact) mass is 268 g/mol. The van der Waals surface area contributed by atoms with Gasteiger partial charge >= 0.3 is 0 Å². The number of carbonyl (C=O) groups excluding carboxylic acids is 1. The highest BCUT2D eigenvalue weighted by atomic mass is 16.3. The zero-order valence-electron chi connectivity index (χ0n) is 12.7. The third-order valence-electron chi connectivity index (χ3n) is 4.18. The molecule has 1 aliphatic carbocycles. The standard InChI is InChI=1S/C17H32O2/c1-2-3-4-5-6-7-8-9-10-11-12-16(18)17(19)15-13-14-15/h15,17,19H,2-14H2,1H3. The van der Waals surface area contributed by atoms with Crippen LogP contribution in [0.4, 0.5) is 0 Å². The molecule has 1 aliphatic rings. The maximum Gasteiger partial charge on any atom is 0.161 e. The van der Waals surface area contributed by atoms with E-state index in [0.717, 1.165) is 25.7 Å². The van der Waals surface area contributed by atoms with E-state index >= 15 is 0 Å². The number of hydrogen-bond acceptors (Lipinski definition) is 2. The van der Waals surface area contributed by atoms with Crippen LogP contribution in [0.15, 0.2) is 0 Å². The van der Waals surface area contributed by atoms with Crippen molar-refractivity contribution in [2.24, 2.45) is 5.92 Å². The quantitative estimate of drug-likeness (QED) is 0.494. The summed E-state index contributed by atoms with van der Waals surface area (Å²) in [6.45, 7) is 2.25. The van der Waals surface area contributed by atoms with Gasteiger partial charge in [-0.2, -0.15) is 0 Å². The number of aliphatic hydroxyl groups excluding tert-OH is 1. The van der Waals surface area contributed by atoms with Crippen molar-refractivity contribution in [3.63, 3.8) is 0 Å². The van der Waals surface area contributed by atoms with Crippen molar-refractivity contribution in [1.82, 2.24) is 0 Å². The topological polar surface area (TPSA) is 37.3 Å². The smallest absolute Gasteiger partial charge is 0.161 e. The van der Waals surface area contributed by atoms with Crippen LogP contribution in [-0.4, -0.2) is 17.0 Å². The second-order valence-corrected chi connectivity index (χ2v) is 6.18. The number of hydrogen-bond donors (Lipinski definition) is 1. The Morgan fingerprint density at radius 2 is 1.42 bits per heavy atom. The minimum Gasteiger partial charge on any atom is -0.385 e. The van der Waals surface area contributed by atoms with Gasteiger partial charge in [-0.15, -0.1) is 0 Å². The summed E-state index contributed by atoms with van der Waals surface area (Å²) in [7, 11) is 0. The Kier molecular flexibility index (Phi) is 9.15. The van der Waals surface area contributed by atoms with E-state index in [1.54, 1.807) is 0 Å². The van der Waals surface area contributed by atoms with E-state index in [1.807, 2.05) is 0 Å². The number of aliphatic hydroxyl groups is 1. The first-order valence-corrected chi connectivity index (χ1v) is 8.46. The van der Waals surface area contributed by atoms with Crippen LogP contribution in [0.5, 0.6) is 0 Å². The summed E-state index contributed by atoms with van der Waals surface area (Å²) < 4.78 is 0. The summed E-state index contributed by atoms with van der Waals surface area (Å²) in [4.78, 5) is 11.6. The first-order valence-electron chi connectivity index (χ1n) is 8.46. The highest BCUT2D eigenvalue weighted by molar-refractivity contribution is 5.83. The largest absolute Gasteiger partial charge is 0.385 e. The van der Waals surface area contributed by atoms with Crippen molar-refractivity contribution in [2.75, 3.05) is 0 Å². The molecule has 2 heteroatoms. The molecule has 1 fully saturated rings. The number of rotatable bonds is 13. The van der Waals surface area contributed by atoms with E-state index in [1.165, 1.54) is 51.4 Å². The van der Waals surface area contributed by atoms with Crippen LogP contribution in [-0.2, 0) is 4.79 Å². The van der Waals surface area contributed by atoms with Crippen molar-refractivity contribution in [1.29, 1.82) is 0 Å². The summed E-state index contributed by atoms with van der Waals surface area (Å²) in [6.07, 6.45) is 14.9. The molecule has 0 amide bonds. The van der Waals surface area contributed by atoms with Crippen molar-refractivity contribution >= 4 is 5.78 Å². The lowest BCUT2D eigenvalue weighted by molar-refractivity contribution is -0.128. The van der Waals surface area contributed by atoms with E-state index in [0.29, 0.717) is 12.3 Å².